The molecule has 0 unspecified atom stereocenters. The van der Waals surface area contributed by atoms with E-state index in [0.717, 1.165) is 77.6 Å². The van der Waals surface area contributed by atoms with Crippen LogP contribution in [0, 0.1) is 0 Å². The standard InChI is InChI=1S/C52H36N2/c1-3-17-37(18-4-1)38-33-35-41(36-34-38)53(48-29-12-9-24-44(48)43-27-15-20-39-19-7-8-23-42(39)43)49-30-13-10-25-45(49)46-28-16-32-51-52(46)47-26-11-14-31-50(47)54(51)40-21-5-2-6-22-40/h1-36H/i1D,3D,4D,17D,18D. The molecule has 0 aliphatic heterocycles. The number of benzene rings is 9. The van der Waals surface area contributed by atoms with E-state index in [9.17, 15) is 0 Å². The van der Waals surface area contributed by atoms with E-state index in [4.69, 9.17) is 6.85 Å². The number of nitrogens with zero attached hydrogens (tertiary/aromatic N) is 2. The fraction of sp³-hybridized carbons (Fsp3) is 0. The third-order valence-corrected chi connectivity index (χ3v) is 10.3. The van der Waals surface area contributed by atoms with E-state index >= 15 is 0 Å². The monoisotopic (exact) mass is 693 g/mol. The molecule has 10 rings (SSSR count). The molecule has 9 aromatic carbocycles. The van der Waals surface area contributed by atoms with Crippen LogP contribution in [0.5, 0.6) is 0 Å². The van der Waals surface area contributed by atoms with Crippen molar-refractivity contribution in [3.05, 3.63) is 218 Å². The van der Waals surface area contributed by atoms with Crippen LogP contribution in [-0.2, 0) is 0 Å². The van der Waals surface area contributed by atoms with Gasteiger partial charge in [-0.3, -0.25) is 0 Å². The summed E-state index contributed by atoms with van der Waals surface area (Å²) in [5.41, 5.74) is 11.1. The largest absolute Gasteiger partial charge is 0.309 e. The first-order chi connectivity index (χ1) is 28.9. The van der Waals surface area contributed by atoms with E-state index in [-0.39, 0.29) is 29.7 Å². The maximum atomic E-state index is 8.69. The van der Waals surface area contributed by atoms with E-state index in [2.05, 4.69) is 167 Å². The Labute approximate surface area is 322 Å². The van der Waals surface area contributed by atoms with Crippen molar-refractivity contribution in [2.45, 2.75) is 0 Å². The Balaban J connectivity index is 1.24. The van der Waals surface area contributed by atoms with Gasteiger partial charge in [0.25, 0.3) is 0 Å². The normalized spacial score (nSPS) is 12.6. The van der Waals surface area contributed by atoms with Gasteiger partial charge in [-0.05, 0) is 81.6 Å². The Bertz CT molecular complexity index is 3190. The molecule has 0 radical (unpaired) electrons. The van der Waals surface area contributed by atoms with Crippen LogP contribution in [0.25, 0.3) is 71.6 Å². The van der Waals surface area contributed by atoms with Crippen LogP contribution in [0.2, 0.25) is 0 Å². The minimum absolute atomic E-state index is 0.173. The number of anilines is 3. The van der Waals surface area contributed by atoms with Crippen molar-refractivity contribution in [2.24, 2.45) is 0 Å². The van der Waals surface area contributed by atoms with Crippen LogP contribution < -0.4 is 4.90 Å². The first-order valence-electron chi connectivity index (χ1n) is 20.6. The zero-order valence-corrected chi connectivity index (χ0v) is 29.3. The molecule has 10 aromatic rings. The molecule has 0 amide bonds. The van der Waals surface area contributed by atoms with Gasteiger partial charge in [0.05, 0.1) is 29.3 Å². The highest BCUT2D eigenvalue weighted by Crippen LogP contribution is 2.48. The fourth-order valence-corrected chi connectivity index (χ4v) is 7.93. The Morgan fingerprint density at radius 3 is 1.72 bits per heavy atom. The molecule has 0 saturated carbocycles. The van der Waals surface area contributed by atoms with Gasteiger partial charge in [-0.15, -0.1) is 0 Å². The van der Waals surface area contributed by atoms with E-state index in [0.29, 0.717) is 5.56 Å². The van der Waals surface area contributed by atoms with Gasteiger partial charge >= 0.3 is 0 Å². The lowest BCUT2D eigenvalue weighted by Gasteiger charge is -2.30. The summed E-state index contributed by atoms with van der Waals surface area (Å²) in [6, 6.07) is 63.5. The van der Waals surface area contributed by atoms with Gasteiger partial charge in [0.2, 0.25) is 0 Å². The zero-order valence-electron chi connectivity index (χ0n) is 34.3. The van der Waals surface area contributed by atoms with Crippen molar-refractivity contribution in [3.8, 4) is 39.1 Å². The third kappa shape index (κ3) is 5.36. The second kappa shape index (κ2) is 13.4. The van der Waals surface area contributed by atoms with Crippen molar-refractivity contribution in [2.75, 3.05) is 4.90 Å². The number of hydrogen-bond acceptors (Lipinski definition) is 1. The Kier molecular flexibility index (Phi) is 6.61. The molecule has 0 spiro atoms. The molecule has 2 heteroatoms. The zero-order chi connectivity index (χ0) is 40.2. The Hall–Kier alpha value is -7.16. The summed E-state index contributed by atoms with van der Waals surface area (Å²) < 4.78 is 44.5. The topological polar surface area (TPSA) is 8.17 Å². The summed E-state index contributed by atoms with van der Waals surface area (Å²) in [5.74, 6) is 0. The van der Waals surface area contributed by atoms with E-state index in [1.807, 2.05) is 30.3 Å². The van der Waals surface area contributed by atoms with Crippen molar-refractivity contribution in [3.63, 3.8) is 0 Å². The maximum absolute atomic E-state index is 8.69. The lowest BCUT2D eigenvalue weighted by atomic mass is 9.94. The molecule has 54 heavy (non-hydrogen) atoms. The van der Waals surface area contributed by atoms with Gasteiger partial charge in [0.1, 0.15) is 0 Å². The molecule has 0 fully saturated rings. The second-order valence-electron chi connectivity index (χ2n) is 13.3. The summed E-state index contributed by atoms with van der Waals surface area (Å²) >= 11 is 0. The van der Waals surface area contributed by atoms with Gasteiger partial charge in [0, 0.05) is 33.3 Å². The highest BCUT2D eigenvalue weighted by Gasteiger charge is 2.23. The number of fused-ring (bicyclic) bond motifs is 4. The van der Waals surface area contributed by atoms with Crippen molar-refractivity contribution < 1.29 is 6.85 Å². The molecule has 1 aromatic heterocycles. The smallest absolute Gasteiger partial charge is 0.0629 e. The molecule has 0 saturated heterocycles. The highest BCUT2D eigenvalue weighted by molar-refractivity contribution is 6.17. The summed E-state index contributed by atoms with van der Waals surface area (Å²) in [4.78, 5) is 2.29. The molecule has 2 nitrogen and oxygen atoms in total. The summed E-state index contributed by atoms with van der Waals surface area (Å²) in [6.45, 7) is 0. The van der Waals surface area contributed by atoms with E-state index in [1.165, 1.54) is 0 Å². The predicted molar refractivity (Wildman–Crippen MR) is 229 cm³/mol. The van der Waals surface area contributed by atoms with Crippen LogP contribution in [0.1, 0.15) is 6.85 Å². The van der Waals surface area contributed by atoms with Gasteiger partial charge in [-0.2, -0.15) is 0 Å². The average molecular weight is 694 g/mol. The van der Waals surface area contributed by atoms with Crippen LogP contribution >= 0.6 is 0 Å². The summed E-state index contributed by atoms with van der Waals surface area (Å²) in [6.07, 6.45) is 0. The highest BCUT2D eigenvalue weighted by atomic mass is 15.1. The SMILES string of the molecule is [2H]c1c([2H])c([2H])c(-c2ccc(N(c3ccccc3-c3cccc4ccccc34)c3ccccc3-c3cccc4c3c3ccccc3n4-c3ccccc3)cc2)c([2H])c1[2H]. The third-order valence-electron chi connectivity index (χ3n) is 10.3. The predicted octanol–water partition coefficient (Wildman–Crippen LogP) is 14.4. The number of rotatable bonds is 7. The molecule has 254 valence electrons. The minimum atomic E-state index is -0.407. The number of hydrogen-bond donors (Lipinski definition) is 0. The quantitative estimate of drug-likeness (QED) is 0.161. The van der Waals surface area contributed by atoms with Crippen LogP contribution in [-0.4, -0.2) is 4.57 Å². The van der Waals surface area contributed by atoms with Crippen molar-refractivity contribution >= 4 is 49.6 Å². The van der Waals surface area contributed by atoms with Gasteiger partial charge < -0.3 is 9.47 Å². The molecular formula is C52H36N2. The molecule has 0 bridgehead atoms. The van der Waals surface area contributed by atoms with E-state index in [1.54, 1.807) is 0 Å². The van der Waals surface area contributed by atoms with Gasteiger partial charge in [-0.1, -0.05) is 170 Å². The van der Waals surface area contributed by atoms with Gasteiger partial charge in [0.15, 0.2) is 0 Å². The fourth-order valence-electron chi connectivity index (χ4n) is 7.93. The second-order valence-corrected chi connectivity index (χ2v) is 13.3. The first-order valence-corrected chi connectivity index (χ1v) is 18.1. The minimum Gasteiger partial charge on any atom is -0.309 e. The van der Waals surface area contributed by atoms with E-state index < -0.39 is 6.04 Å². The molecule has 0 aliphatic rings. The van der Waals surface area contributed by atoms with Crippen LogP contribution in [0.4, 0.5) is 17.1 Å². The van der Waals surface area contributed by atoms with Crippen LogP contribution in [0.15, 0.2) is 218 Å². The number of aromatic nitrogens is 1. The van der Waals surface area contributed by atoms with Gasteiger partial charge in [-0.25, -0.2) is 0 Å². The Morgan fingerprint density at radius 1 is 0.389 bits per heavy atom. The van der Waals surface area contributed by atoms with Crippen LogP contribution in [0.3, 0.4) is 0 Å². The Morgan fingerprint density at radius 2 is 0.944 bits per heavy atom. The maximum Gasteiger partial charge on any atom is 0.0629 e. The molecule has 0 atom stereocenters. The summed E-state index contributed by atoms with van der Waals surface area (Å²) in [5, 5.41) is 4.60. The summed E-state index contributed by atoms with van der Waals surface area (Å²) in [7, 11) is 0. The molecular weight excluding hydrogens is 653 g/mol. The average Bonchev–Trinajstić information content (AvgIpc) is 3.63. The van der Waals surface area contributed by atoms with Crippen molar-refractivity contribution in [1.82, 2.24) is 4.57 Å². The molecule has 1 heterocycles. The molecule has 0 N–H and O–H groups in total. The van der Waals surface area contributed by atoms with Crippen molar-refractivity contribution in [1.29, 1.82) is 0 Å². The first kappa shape index (κ1) is 26.6. The number of para-hydroxylation sites is 4. The lowest BCUT2D eigenvalue weighted by molar-refractivity contribution is 1.18. The lowest BCUT2D eigenvalue weighted by Crippen LogP contribution is -2.12. The molecule has 0 aliphatic carbocycles.